The van der Waals surface area contributed by atoms with Gasteiger partial charge in [0.05, 0.1) is 19.1 Å². The molecule has 2 rings (SSSR count). The van der Waals surface area contributed by atoms with Crippen molar-refractivity contribution in [2.24, 2.45) is 0 Å². The highest BCUT2D eigenvalue weighted by molar-refractivity contribution is 5.97. The Bertz CT molecular complexity index is 644. The Morgan fingerprint density at radius 2 is 2.10 bits per heavy atom. The van der Waals surface area contributed by atoms with Gasteiger partial charge in [-0.05, 0) is 36.4 Å². The van der Waals surface area contributed by atoms with E-state index < -0.39 is 5.91 Å². The van der Waals surface area contributed by atoms with E-state index in [-0.39, 0.29) is 12.1 Å². The highest BCUT2D eigenvalue weighted by Crippen LogP contribution is 2.04. The van der Waals surface area contributed by atoms with Crippen LogP contribution in [0.25, 0.3) is 6.08 Å². The molecule has 100 valence electrons. The van der Waals surface area contributed by atoms with Crippen molar-refractivity contribution < 1.29 is 13.6 Å². The van der Waals surface area contributed by atoms with Crippen LogP contribution in [0, 0.1) is 11.3 Å². The minimum absolute atomic E-state index is 0.0133. The summed E-state index contributed by atoms with van der Waals surface area (Å²) in [5, 5.41) is 11.5. The van der Waals surface area contributed by atoms with Crippen LogP contribution in [0.3, 0.4) is 0 Å². The summed E-state index contributed by atoms with van der Waals surface area (Å²) in [6.45, 7) is 0.243. The zero-order chi connectivity index (χ0) is 14.2. The molecule has 0 saturated heterocycles. The fourth-order valence-corrected chi connectivity index (χ4v) is 1.46. The fraction of sp³-hybridized carbons (Fsp3) is 0.0667. The molecule has 0 aliphatic rings. The Labute approximate surface area is 115 Å². The van der Waals surface area contributed by atoms with Crippen molar-refractivity contribution >= 4 is 12.0 Å². The molecule has 20 heavy (non-hydrogen) atoms. The van der Waals surface area contributed by atoms with Crippen molar-refractivity contribution in [2.75, 3.05) is 0 Å². The predicted molar refractivity (Wildman–Crippen MR) is 72.0 cm³/mol. The molecular formula is C15H12N2O3. The molecule has 1 amide bonds. The second-order valence-corrected chi connectivity index (χ2v) is 3.83. The van der Waals surface area contributed by atoms with E-state index in [0.717, 1.165) is 0 Å². The molecule has 2 aromatic rings. The first-order valence-corrected chi connectivity index (χ1v) is 5.92. The molecule has 2 aromatic heterocycles. The average molecular weight is 268 g/mol. The van der Waals surface area contributed by atoms with Crippen molar-refractivity contribution in [3.8, 4) is 6.07 Å². The van der Waals surface area contributed by atoms with E-state index in [1.54, 1.807) is 42.7 Å². The number of hydrogen-bond acceptors (Lipinski definition) is 4. The van der Waals surface area contributed by atoms with E-state index in [4.69, 9.17) is 14.1 Å². The van der Waals surface area contributed by atoms with E-state index in [2.05, 4.69) is 5.32 Å². The van der Waals surface area contributed by atoms with Crippen molar-refractivity contribution in [3.63, 3.8) is 0 Å². The van der Waals surface area contributed by atoms with Crippen LogP contribution in [0.4, 0.5) is 0 Å². The van der Waals surface area contributed by atoms with Crippen LogP contribution in [0.2, 0.25) is 0 Å². The Balaban J connectivity index is 1.93. The van der Waals surface area contributed by atoms with E-state index in [1.807, 2.05) is 6.07 Å². The number of amides is 1. The molecule has 5 heteroatoms. The second kappa shape index (κ2) is 6.81. The number of carbonyl (C=O) groups excluding carboxylic acids is 1. The Morgan fingerprint density at radius 3 is 2.75 bits per heavy atom. The molecule has 0 aliphatic carbocycles. The summed E-state index contributed by atoms with van der Waals surface area (Å²) in [5.41, 5.74) is 0.0133. The van der Waals surface area contributed by atoms with Crippen molar-refractivity contribution in [1.29, 1.82) is 5.26 Å². The smallest absolute Gasteiger partial charge is 0.262 e. The van der Waals surface area contributed by atoms with Gasteiger partial charge in [0.25, 0.3) is 5.91 Å². The van der Waals surface area contributed by atoms with Crippen molar-refractivity contribution in [1.82, 2.24) is 5.32 Å². The monoisotopic (exact) mass is 268 g/mol. The third-order valence-electron chi connectivity index (χ3n) is 2.43. The van der Waals surface area contributed by atoms with Crippen LogP contribution in [0.15, 0.2) is 63.4 Å². The van der Waals surface area contributed by atoms with E-state index in [1.165, 1.54) is 12.3 Å². The van der Waals surface area contributed by atoms with Crippen LogP contribution in [0.1, 0.15) is 11.5 Å². The van der Waals surface area contributed by atoms with Gasteiger partial charge in [0, 0.05) is 0 Å². The highest BCUT2D eigenvalue weighted by Gasteiger charge is 2.07. The van der Waals surface area contributed by atoms with E-state index >= 15 is 0 Å². The summed E-state index contributed by atoms with van der Waals surface area (Å²) in [7, 11) is 0. The molecule has 0 aliphatic heterocycles. The van der Waals surface area contributed by atoms with Crippen LogP contribution in [-0.4, -0.2) is 5.91 Å². The third kappa shape index (κ3) is 3.75. The average Bonchev–Trinajstić information content (AvgIpc) is 3.14. The van der Waals surface area contributed by atoms with E-state index in [0.29, 0.717) is 11.5 Å². The van der Waals surface area contributed by atoms with Gasteiger partial charge in [-0.1, -0.05) is 6.08 Å². The maximum atomic E-state index is 11.8. The number of rotatable bonds is 5. The quantitative estimate of drug-likeness (QED) is 0.513. The fourth-order valence-electron chi connectivity index (χ4n) is 1.46. The molecule has 0 aromatic carbocycles. The molecule has 0 fully saturated rings. The zero-order valence-electron chi connectivity index (χ0n) is 10.6. The van der Waals surface area contributed by atoms with Crippen LogP contribution >= 0.6 is 0 Å². The van der Waals surface area contributed by atoms with Gasteiger partial charge in [-0.3, -0.25) is 4.79 Å². The molecule has 0 spiro atoms. The lowest BCUT2D eigenvalue weighted by molar-refractivity contribution is -0.117. The van der Waals surface area contributed by atoms with Crippen LogP contribution in [0.5, 0.6) is 0 Å². The second-order valence-electron chi connectivity index (χ2n) is 3.83. The SMILES string of the molecule is N#CC(=CC=Cc1ccco1)C(=O)NCc1ccco1. The first kappa shape index (κ1) is 13.4. The predicted octanol–water partition coefficient (Wildman–Crippen LogP) is 2.65. The molecule has 0 unspecified atom stereocenters. The summed E-state index contributed by atoms with van der Waals surface area (Å²) in [6.07, 6.45) is 7.75. The summed E-state index contributed by atoms with van der Waals surface area (Å²) >= 11 is 0. The lowest BCUT2D eigenvalue weighted by Crippen LogP contribution is -2.23. The Kier molecular flexibility index (Phi) is 4.57. The maximum absolute atomic E-state index is 11.8. The lowest BCUT2D eigenvalue weighted by Gasteiger charge is -2.00. The van der Waals surface area contributed by atoms with Gasteiger partial charge in [-0.15, -0.1) is 0 Å². The van der Waals surface area contributed by atoms with Gasteiger partial charge < -0.3 is 14.2 Å². The number of nitriles is 1. The standard InChI is InChI=1S/C15H12N2O3/c16-10-12(4-1-5-13-6-2-8-19-13)15(18)17-11-14-7-3-9-20-14/h1-9H,11H2,(H,17,18). The minimum Gasteiger partial charge on any atom is -0.467 e. The Morgan fingerprint density at radius 1 is 1.30 bits per heavy atom. The van der Waals surface area contributed by atoms with Crippen LogP contribution in [-0.2, 0) is 11.3 Å². The van der Waals surface area contributed by atoms with Gasteiger partial charge in [0.15, 0.2) is 0 Å². The summed E-state index contributed by atoms with van der Waals surface area (Å²) < 4.78 is 10.2. The topological polar surface area (TPSA) is 79.2 Å². The summed E-state index contributed by atoms with van der Waals surface area (Å²) in [5.74, 6) is 0.823. The molecular weight excluding hydrogens is 256 g/mol. The van der Waals surface area contributed by atoms with Crippen molar-refractivity contribution in [3.05, 3.63) is 66.0 Å². The van der Waals surface area contributed by atoms with Crippen LogP contribution < -0.4 is 5.32 Å². The maximum Gasteiger partial charge on any atom is 0.262 e. The molecule has 0 atom stereocenters. The van der Waals surface area contributed by atoms with Gasteiger partial charge in [-0.2, -0.15) is 5.26 Å². The lowest BCUT2D eigenvalue weighted by atomic mass is 10.2. The number of nitrogens with zero attached hydrogens (tertiary/aromatic N) is 1. The number of allylic oxidation sites excluding steroid dienone is 2. The van der Waals surface area contributed by atoms with E-state index in [9.17, 15) is 4.79 Å². The summed E-state index contributed by atoms with van der Waals surface area (Å²) in [6, 6.07) is 8.85. The molecule has 0 radical (unpaired) electrons. The first-order valence-electron chi connectivity index (χ1n) is 5.92. The molecule has 5 nitrogen and oxygen atoms in total. The number of carbonyl (C=O) groups is 1. The van der Waals surface area contributed by atoms with Crippen molar-refractivity contribution in [2.45, 2.75) is 6.54 Å². The first-order chi connectivity index (χ1) is 9.79. The number of furan rings is 2. The molecule has 2 heterocycles. The largest absolute Gasteiger partial charge is 0.467 e. The van der Waals surface area contributed by atoms with Gasteiger partial charge in [-0.25, -0.2) is 0 Å². The summed E-state index contributed by atoms with van der Waals surface area (Å²) in [4.78, 5) is 11.8. The zero-order valence-corrected chi connectivity index (χ0v) is 10.6. The van der Waals surface area contributed by atoms with Gasteiger partial charge >= 0.3 is 0 Å². The Hall–Kier alpha value is -3.00. The molecule has 1 N–H and O–H groups in total. The minimum atomic E-state index is -0.451. The van der Waals surface area contributed by atoms with Gasteiger partial charge in [0.1, 0.15) is 23.2 Å². The normalized spacial score (nSPS) is 11.4. The highest BCUT2D eigenvalue weighted by atomic mass is 16.3. The molecule has 0 bridgehead atoms. The van der Waals surface area contributed by atoms with Gasteiger partial charge in [0.2, 0.25) is 0 Å². The number of nitrogens with one attached hydrogen (secondary N) is 1. The molecule has 0 saturated carbocycles. The third-order valence-corrected chi connectivity index (χ3v) is 2.43. The number of hydrogen-bond donors (Lipinski definition) is 1.